The fraction of sp³-hybridized carbons (Fsp3) is 0.364. The normalized spacial score (nSPS) is 10.4. The molecular weight excluding hydrogens is 232 g/mol. The molecule has 0 saturated heterocycles. The predicted octanol–water partition coefficient (Wildman–Crippen LogP) is 1.92. The van der Waals surface area contributed by atoms with Crippen molar-refractivity contribution in [2.24, 2.45) is 0 Å². The Hall–Kier alpha value is -1.69. The Morgan fingerprint density at radius 2 is 2.18 bits per heavy atom. The summed E-state index contributed by atoms with van der Waals surface area (Å²) in [7, 11) is 1.54. The summed E-state index contributed by atoms with van der Waals surface area (Å²) in [6.45, 7) is 0.774. The van der Waals surface area contributed by atoms with Gasteiger partial charge in [0.25, 0.3) is 5.91 Å². The first-order valence-corrected chi connectivity index (χ1v) is 4.94. The van der Waals surface area contributed by atoms with Crippen LogP contribution in [0.4, 0.5) is 14.5 Å². The molecule has 1 aromatic rings. The zero-order chi connectivity index (χ0) is 12.7. The van der Waals surface area contributed by atoms with E-state index in [1.807, 2.05) is 0 Å². The van der Waals surface area contributed by atoms with E-state index in [1.54, 1.807) is 19.2 Å². The summed E-state index contributed by atoms with van der Waals surface area (Å²) in [5, 5.41) is 2.07. The minimum Gasteiger partial charge on any atom is -0.491 e. The summed E-state index contributed by atoms with van der Waals surface area (Å²) in [5.41, 5.74) is 0.269. The standard InChI is InChI=1S/C11H13F2NO3/c1-16-5-6-17-9-4-2-3-8(7-9)14-11(15)10(12)13/h2-4,7,10H,5-6H2,1H3,(H,14,15). The van der Waals surface area contributed by atoms with E-state index in [4.69, 9.17) is 9.47 Å². The molecule has 0 aliphatic heterocycles. The van der Waals surface area contributed by atoms with Gasteiger partial charge in [-0.1, -0.05) is 6.07 Å². The lowest BCUT2D eigenvalue weighted by molar-refractivity contribution is -0.126. The molecule has 0 aliphatic carbocycles. The van der Waals surface area contributed by atoms with Crippen molar-refractivity contribution in [2.45, 2.75) is 6.43 Å². The van der Waals surface area contributed by atoms with Crippen molar-refractivity contribution < 1.29 is 23.0 Å². The van der Waals surface area contributed by atoms with Crippen molar-refractivity contribution in [3.8, 4) is 5.75 Å². The van der Waals surface area contributed by atoms with Crippen LogP contribution in [0.25, 0.3) is 0 Å². The Balaban J connectivity index is 2.56. The molecule has 94 valence electrons. The van der Waals surface area contributed by atoms with Crippen molar-refractivity contribution in [3.63, 3.8) is 0 Å². The first kappa shape index (κ1) is 13.4. The van der Waals surface area contributed by atoms with Gasteiger partial charge in [0.1, 0.15) is 12.4 Å². The molecule has 1 amide bonds. The second kappa shape index (κ2) is 6.80. The number of alkyl halides is 2. The van der Waals surface area contributed by atoms with E-state index in [0.29, 0.717) is 19.0 Å². The van der Waals surface area contributed by atoms with E-state index < -0.39 is 12.3 Å². The third-order valence-electron chi connectivity index (χ3n) is 1.86. The topological polar surface area (TPSA) is 47.6 Å². The molecule has 0 radical (unpaired) electrons. The molecule has 0 aromatic heterocycles. The number of carbonyl (C=O) groups excluding carboxylic acids is 1. The monoisotopic (exact) mass is 245 g/mol. The van der Waals surface area contributed by atoms with Crippen LogP contribution >= 0.6 is 0 Å². The van der Waals surface area contributed by atoms with Crippen LogP contribution in [0.5, 0.6) is 5.75 Å². The summed E-state index contributed by atoms with van der Waals surface area (Å²) in [6.07, 6.45) is -3.03. The van der Waals surface area contributed by atoms with Gasteiger partial charge in [-0.15, -0.1) is 0 Å². The summed E-state index contributed by atoms with van der Waals surface area (Å²) >= 11 is 0. The molecule has 4 nitrogen and oxygen atoms in total. The van der Waals surface area contributed by atoms with Gasteiger partial charge in [0.15, 0.2) is 0 Å². The number of amides is 1. The SMILES string of the molecule is COCCOc1cccc(NC(=O)C(F)F)c1. The quantitative estimate of drug-likeness (QED) is 0.779. The molecule has 0 aliphatic rings. The van der Waals surface area contributed by atoms with E-state index >= 15 is 0 Å². The summed E-state index contributed by atoms with van der Waals surface area (Å²) in [6, 6.07) is 6.23. The lowest BCUT2D eigenvalue weighted by atomic mass is 10.3. The van der Waals surface area contributed by atoms with Gasteiger partial charge in [-0.25, -0.2) is 0 Å². The third kappa shape index (κ3) is 4.78. The minimum absolute atomic E-state index is 0.269. The zero-order valence-electron chi connectivity index (χ0n) is 9.28. The van der Waals surface area contributed by atoms with Crippen LogP contribution in [-0.2, 0) is 9.53 Å². The van der Waals surface area contributed by atoms with Crippen LogP contribution in [0.15, 0.2) is 24.3 Å². The van der Waals surface area contributed by atoms with Gasteiger partial charge in [0.2, 0.25) is 0 Å². The number of hydrogen-bond donors (Lipinski definition) is 1. The largest absolute Gasteiger partial charge is 0.491 e. The van der Waals surface area contributed by atoms with Crippen molar-refractivity contribution in [2.75, 3.05) is 25.6 Å². The van der Waals surface area contributed by atoms with Gasteiger partial charge in [-0.2, -0.15) is 8.78 Å². The Morgan fingerprint density at radius 1 is 1.41 bits per heavy atom. The zero-order valence-corrected chi connectivity index (χ0v) is 9.28. The molecule has 0 unspecified atom stereocenters. The average Bonchev–Trinajstić information content (AvgIpc) is 2.30. The van der Waals surface area contributed by atoms with Crippen LogP contribution in [0, 0.1) is 0 Å². The molecule has 0 atom stereocenters. The maximum atomic E-state index is 12.0. The number of rotatable bonds is 6. The Bertz CT molecular complexity index is 371. The average molecular weight is 245 g/mol. The van der Waals surface area contributed by atoms with Gasteiger partial charge in [-0.3, -0.25) is 4.79 Å². The van der Waals surface area contributed by atoms with Gasteiger partial charge in [0.05, 0.1) is 6.61 Å². The Morgan fingerprint density at radius 3 is 2.82 bits per heavy atom. The molecule has 0 bridgehead atoms. The highest BCUT2D eigenvalue weighted by Crippen LogP contribution is 2.17. The van der Waals surface area contributed by atoms with Crippen molar-refractivity contribution in [1.29, 1.82) is 0 Å². The number of halogens is 2. The lowest BCUT2D eigenvalue weighted by Crippen LogP contribution is -2.20. The first-order valence-electron chi connectivity index (χ1n) is 4.94. The van der Waals surface area contributed by atoms with Crippen LogP contribution in [0.2, 0.25) is 0 Å². The Labute approximate surface area is 97.5 Å². The number of carbonyl (C=O) groups is 1. The molecule has 0 heterocycles. The maximum Gasteiger partial charge on any atom is 0.315 e. The number of benzene rings is 1. The third-order valence-corrected chi connectivity index (χ3v) is 1.86. The number of anilines is 1. The van der Waals surface area contributed by atoms with E-state index in [0.717, 1.165) is 0 Å². The van der Waals surface area contributed by atoms with Crippen molar-refractivity contribution in [1.82, 2.24) is 0 Å². The molecule has 1 rings (SSSR count). The van der Waals surface area contributed by atoms with E-state index in [9.17, 15) is 13.6 Å². The van der Waals surface area contributed by atoms with Crippen molar-refractivity contribution >= 4 is 11.6 Å². The molecular formula is C11H13F2NO3. The van der Waals surface area contributed by atoms with Gasteiger partial charge < -0.3 is 14.8 Å². The first-order chi connectivity index (χ1) is 8.13. The molecule has 1 aromatic carbocycles. The minimum atomic E-state index is -3.03. The summed E-state index contributed by atoms with van der Waals surface area (Å²) in [4.78, 5) is 10.8. The summed E-state index contributed by atoms with van der Waals surface area (Å²) < 4.78 is 34.1. The number of nitrogens with one attached hydrogen (secondary N) is 1. The molecule has 0 fully saturated rings. The van der Waals surface area contributed by atoms with E-state index in [-0.39, 0.29) is 5.69 Å². The fourth-order valence-electron chi connectivity index (χ4n) is 1.10. The van der Waals surface area contributed by atoms with Crippen LogP contribution < -0.4 is 10.1 Å². The van der Waals surface area contributed by atoms with Gasteiger partial charge >= 0.3 is 6.43 Å². The van der Waals surface area contributed by atoms with Crippen LogP contribution in [0.1, 0.15) is 0 Å². The smallest absolute Gasteiger partial charge is 0.315 e. The molecule has 1 N–H and O–H groups in total. The Kier molecular flexibility index (Phi) is 5.35. The highest BCUT2D eigenvalue weighted by Gasteiger charge is 2.14. The van der Waals surface area contributed by atoms with E-state index in [1.165, 1.54) is 12.1 Å². The van der Waals surface area contributed by atoms with Gasteiger partial charge in [-0.05, 0) is 12.1 Å². The van der Waals surface area contributed by atoms with Gasteiger partial charge in [0, 0.05) is 18.9 Å². The molecule has 0 spiro atoms. The highest BCUT2D eigenvalue weighted by atomic mass is 19.3. The molecule has 17 heavy (non-hydrogen) atoms. The fourth-order valence-corrected chi connectivity index (χ4v) is 1.10. The second-order valence-electron chi connectivity index (χ2n) is 3.16. The summed E-state index contributed by atoms with van der Waals surface area (Å²) in [5.74, 6) is -0.854. The lowest BCUT2D eigenvalue weighted by Gasteiger charge is -2.08. The number of ether oxygens (including phenoxy) is 2. The van der Waals surface area contributed by atoms with Crippen LogP contribution in [-0.4, -0.2) is 32.7 Å². The van der Waals surface area contributed by atoms with E-state index in [2.05, 4.69) is 5.32 Å². The highest BCUT2D eigenvalue weighted by molar-refractivity contribution is 5.93. The predicted molar refractivity (Wildman–Crippen MR) is 58.4 cm³/mol. The second-order valence-corrected chi connectivity index (χ2v) is 3.16. The maximum absolute atomic E-state index is 12.0. The molecule has 6 heteroatoms. The van der Waals surface area contributed by atoms with Crippen LogP contribution in [0.3, 0.4) is 0 Å². The number of hydrogen-bond acceptors (Lipinski definition) is 3. The van der Waals surface area contributed by atoms with Crippen molar-refractivity contribution in [3.05, 3.63) is 24.3 Å². The number of methoxy groups -OCH3 is 1. The molecule has 0 saturated carbocycles.